The number of carbonyl (C=O) groups excluding carboxylic acids is 2. The monoisotopic (exact) mass is 387 g/mol. The molecule has 0 saturated carbocycles. The predicted octanol–water partition coefficient (Wildman–Crippen LogP) is 1.67. The lowest BCUT2D eigenvalue weighted by molar-refractivity contribution is 0.0936. The second-order valence-corrected chi connectivity index (χ2v) is 8.62. The van der Waals surface area contributed by atoms with Crippen LogP contribution in [-0.2, 0) is 9.84 Å². The van der Waals surface area contributed by atoms with Gasteiger partial charge in [-0.25, -0.2) is 8.42 Å². The van der Waals surface area contributed by atoms with E-state index in [1.54, 1.807) is 11.0 Å². The fourth-order valence-corrected chi connectivity index (χ4v) is 4.74. The van der Waals surface area contributed by atoms with Gasteiger partial charge in [-0.15, -0.1) is 0 Å². The van der Waals surface area contributed by atoms with Crippen LogP contribution in [0, 0.1) is 0 Å². The fraction of sp³-hybridized carbons (Fsp3) is 0.316. The molecule has 1 aromatic heterocycles. The molecule has 2 heterocycles. The lowest BCUT2D eigenvalue weighted by atomic mass is 10.1. The number of hydrogen-bond donors (Lipinski definition) is 1. The van der Waals surface area contributed by atoms with Gasteiger partial charge >= 0.3 is 0 Å². The minimum Gasteiger partial charge on any atom is -0.347 e. The maximum absolute atomic E-state index is 12.9. The summed E-state index contributed by atoms with van der Waals surface area (Å²) in [6, 6.07) is 11.9. The van der Waals surface area contributed by atoms with Crippen molar-refractivity contribution in [1.29, 1.82) is 0 Å². The third-order valence-corrected chi connectivity index (χ3v) is 6.20. The number of nitrogens with one attached hydrogen (secondary N) is 1. The standard InChI is InChI=1S/C19H21N3O4S/c1-2-22(16-6-4-3-5-7-16)19(24)14-8-10-20-17(12-14)18(23)21-15-9-11-27(25,26)13-15/h3-8,10,12,15H,2,9,11,13H2,1H3,(H,21,23). The van der Waals surface area contributed by atoms with E-state index in [2.05, 4.69) is 10.3 Å². The lowest BCUT2D eigenvalue weighted by Gasteiger charge is -2.21. The second-order valence-electron chi connectivity index (χ2n) is 6.39. The summed E-state index contributed by atoms with van der Waals surface area (Å²) in [5.74, 6) is -0.695. The number of para-hydroxylation sites is 1. The zero-order valence-electron chi connectivity index (χ0n) is 15.0. The average molecular weight is 387 g/mol. The molecule has 3 rings (SSSR count). The van der Waals surface area contributed by atoms with Gasteiger partial charge in [0.05, 0.1) is 11.5 Å². The highest BCUT2D eigenvalue weighted by Crippen LogP contribution is 2.17. The average Bonchev–Trinajstić information content (AvgIpc) is 3.01. The van der Waals surface area contributed by atoms with E-state index in [1.165, 1.54) is 12.3 Å². The van der Waals surface area contributed by atoms with Gasteiger partial charge in [-0.1, -0.05) is 18.2 Å². The van der Waals surface area contributed by atoms with Crippen molar-refractivity contribution in [2.75, 3.05) is 23.0 Å². The largest absolute Gasteiger partial charge is 0.347 e. The van der Waals surface area contributed by atoms with Crippen LogP contribution in [0.25, 0.3) is 0 Å². The first-order valence-corrected chi connectivity index (χ1v) is 10.6. The first-order valence-electron chi connectivity index (χ1n) is 8.74. The Hall–Kier alpha value is -2.74. The molecule has 0 radical (unpaired) electrons. The summed E-state index contributed by atoms with van der Waals surface area (Å²) in [7, 11) is -3.09. The Kier molecular flexibility index (Phi) is 5.55. The van der Waals surface area contributed by atoms with E-state index in [4.69, 9.17) is 0 Å². The smallest absolute Gasteiger partial charge is 0.270 e. The Balaban J connectivity index is 1.76. The number of benzene rings is 1. The van der Waals surface area contributed by atoms with Crippen LogP contribution in [0.1, 0.15) is 34.2 Å². The minimum absolute atomic E-state index is 0.0605. The van der Waals surface area contributed by atoms with Crippen molar-refractivity contribution in [1.82, 2.24) is 10.3 Å². The summed E-state index contributed by atoms with van der Waals surface area (Å²) in [6.45, 7) is 2.35. The summed E-state index contributed by atoms with van der Waals surface area (Å²) in [4.78, 5) is 30.9. The van der Waals surface area contributed by atoms with E-state index in [0.29, 0.717) is 18.5 Å². The number of nitrogens with zero attached hydrogens (tertiary/aromatic N) is 2. The topological polar surface area (TPSA) is 96.4 Å². The molecule has 1 aromatic carbocycles. The third-order valence-electron chi connectivity index (χ3n) is 4.44. The summed E-state index contributed by atoms with van der Waals surface area (Å²) < 4.78 is 23.1. The van der Waals surface area contributed by atoms with E-state index in [9.17, 15) is 18.0 Å². The van der Waals surface area contributed by atoms with Crippen LogP contribution in [0.5, 0.6) is 0 Å². The van der Waals surface area contributed by atoms with Crippen molar-refractivity contribution >= 4 is 27.3 Å². The van der Waals surface area contributed by atoms with Gasteiger partial charge in [0.25, 0.3) is 11.8 Å². The van der Waals surface area contributed by atoms with E-state index < -0.39 is 21.8 Å². The van der Waals surface area contributed by atoms with E-state index in [-0.39, 0.29) is 23.1 Å². The highest BCUT2D eigenvalue weighted by atomic mass is 32.2. The minimum atomic E-state index is -3.09. The van der Waals surface area contributed by atoms with Crippen LogP contribution < -0.4 is 10.2 Å². The maximum atomic E-state index is 12.9. The number of hydrogen-bond acceptors (Lipinski definition) is 5. The molecule has 2 aromatic rings. The first kappa shape index (κ1) is 19.0. The molecule has 1 fully saturated rings. The van der Waals surface area contributed by atoms with Gasteiger partial charge in [0.1, 0.15) is 5.69 Å². The summed E-state index contributed by atoms with van der Waals surface area (Å²) in [6.07, 6.45) is 1.80. The number of sulfone groups is 1. The van der Waals surface area contributed by atoms with Crippen LogP contribution in [0.2, 0.25) is 0 Å². The van der Waals surface area contributed by atoms with Gasteiger partial charge in [-0.3, -0.25) is 14.6 Å². The molecule has 1 atom stereocenters. The summed E-state index contributed by atoms with van der Waals surface area (Å²) >= 11 is 0. The van der Waals surface area contributed by atoms with Crippen molar-refractivity contribution in [3.8, 4) is 0 Å². The SMILES string of the molecule is CCN(C(=O)c1ccnc(C(=O)NC2CCS(=O)(=O)C2)c1)c1ccccc1. The van der Waals surface area contributed by atoms with Crippen LogP contribution in [0.15, 0.2) is 48.7 Å². The van der Waals surface area contributed by atoms with Gasteiger partial charge in [0.2, 0.25) is 0 Å². The van der Waals surface area contributed by atoms with Crippen molar-refractivity contribution in [3.05, 3.63) is 59.9 Å². The fourth-order valence-electron chi connectivity index (χ4n) is 3.06. The van der Waals surface area contributed by atoms with Crippen molar-refractivity contribution in [3.63, 3.8) is 0 Å². The van der Waals surface area contributed by atoms with E-state index >= 15 is 0 Å². The molecule has 0 bridgehead atoms. The van der Waals surface area contributed by atoms with Gasteiger partial charge in [0.15, 0.2) is 9.84 Å². The molecule has 142 valence electrons. The molecule has 2 amide bonds. The third kappa shape index (κ3) is 4.51. The molecule has 27 heavy (non-hydrogen) atoms. The number of carbonyl (C=O) groups is 2. The summed E-state index contributed by atoms with van der Waals surface area (Å²) in [5.41, 5.74) is 1.21. The highest BCUT2D eigenvalue weighted by molar-refractivity contribution is 7.91. The van der Waals surface area contributed by atoms with Crippen LogP contribution in [0.3, 0.4) is 0 Å². The van der Waals surface area contributed by atoms with Crippen molar-refractivity contribution < 1.29 is 18.0 Å². The molecule has 1 aliphatic heterocycles. The molecule has 8 heteroatoms. The zero-order chi connectivity index (χ0) is 19.4. The lowest BCUT2D eigenvalue weighted by Crippen LogP contribution is -2.36. The molecule has 1 saturated heterocycles. The van der Waals surface area contributed by atoms with E-state index in [1.807, 2.05) is 37.3 Å². The number of pyridine rings is 1. The van der Waals surface area contributed by atoms with E-state index in [0.717, 1.165) is 5.69 Å². The van der Waals surface area contributed by atoms with Gasteiger partial charge in [-0.05, 0) is 37.6 Å². The molecular weight excluding hydrogens is 366 g/mol. The van der Waals surface area contributed by atoms with Crippen LogP contribution in [0.4, 0.5) is 5.69 Å². The Morgan fingerprint density at radius 1 is 1.22 bits per heavy atom. The number of amides is 2. The molecular formula is C19H21N3O4S. The molecule has 0 aliphatic carbocycles. The quantitative estimate of drug-likeness (QED) is 0.842. The maximum Gasteiger partial charge on any atom is 0.270 e. The number of anilines is 1. The molecule has 1 aliphatic rings. The summed E-state index contributed by atoms with van der Waals surface area (Å²) in [5, 5.41) is 2.69. The number of aromatic nitrogens is 1. The van der Waals surface area contributed by atoms with Crippen LogP contribution >= 0.6 is 0 Å². The Bertz CT molecular complexity index is 944. The molecule has 7 nitrogen and oxygen atoms in total. The number of rotatable bonds is 5. The van der Waals surface area contributed by atoms with Gasteiger partial charge in [-0.2, -0.15) is 0 Å². The molecule has 0 spiro atoms. The second kappa shape index (κ2) is 7.87. The van der Waals surface area contributed by atoms with Gasteiger partial charge in [0, 0.05) is 30.0 Å². The van der Waals surface area contributed by atoms with Gasteiger partial charge < -0.3 is 10.2 Å². The Morgan fingerprint density at radius 3 is 2.59 bits per heavy atom. The Morgan fingerprint density at radius 2 is 1.96 bits per heavy atom. The van der Waals surface area contributed by atoms with Crippen molar-refractivity contribution in [2.24, 2.45) is 0 Å². The van der Waals surface area contributed by atoms with Crippen molar-refractivity contribution in [2.45, 2.75) is 19.4 Å². The predicted molar refractivity (Wildman–Crippen MR) is 103 cm³/mol. The Labute approximate surface area is 158 Å². The highest BCUT2D eigenvalue weighted by Gasteiger charge is 2.29. The normalized spacial score (nSPS) is 18.0. The first-order chi connectivity index (χ1) is 12.9. The van der Waals surface area contributed by atoms with Crippen LogP contribution in [-0.4, -0.2) is 49.3 Å². The molecule has 1 N–H and O–H groups in total. The molecule has 1 unspecified atom stereocenters. The zero-order valence-corrected chi connectivity index (χ0v) is 15.8.